The molecule has 0 aromatic heterocycles. The lowest BCUT2D eigenvalue weighted by atomic mass is 10.2. The molecule has 0 spiro atoms. The van der Waals surface area contributed by atoms with E-state index in [0.29, 0.717) is 24.2 Å². The van der Waals surface area contributed by atoms with Gasteiger partial charge in [-0.3, -0.25) is 14.8 Å². The van der Waals surface area contributed by atoms with Crippen molar-refractivity contribution in [2.24, 2.45) is 0 Å². The standard InChI is InChI=1S/C19H30N4O6S/c1-3-4-11-22(13-10-18(24)21-26)30(27,28)23-12-9-16(14-23)20-19(25)15-5-7-17(29-2)8-6-15/h5-8,16,26H,3-4,9-14H2,1-2H3,(H,20,25)(H,21,24). The van der Waals surface area contributed by atoms with Gasteiger partial charge in [0.15, 0.2) is 0 Å². The van der Waals surface area contributed by atoms with Crippen LogP contribution in [0, 0.1) is 0 Å². The van der Waals surface area contributed by atoms with Gasteiger partial charge in [-0.1, -0.05) is 13.3 Å². The van der Waals surface area contributed by atoms with Crippen LogP contribution in [0.4, 0.5) is 0 Å². The van der Waals surface area contributed by atoms with E-state index in [-0.39, 0.29) is 44.5 Å². The monoisotopic (exact) mass is 442 g/mol. The SMILES string of the molecule is CCCCN(CCC(=O)NO)S(=O)(=O)N1CCC(NC(=O)c2ccc(OC)cc2)C1. The van der Waals surface area contributed by atoms with E-state index in [1.54, 1.807) is 31.4 Å². The summed E-state index contributed by atoms with van der Waals surface area (Å²) in [6.07, 6.45) is 1.83. The van der Waals surface area contributed by atoms with Crippen molar-refractivity contribution in [2.75, 3.05) is 33.3 Å². The van der Waals surface area contributed by atoms with Crippen LogP contribution < -0.4 is 15.5 Å². The lowest BCUT2D eigenvalue weighted by molar-refractivity contribution is -0.129. The van der Waals surface area contributed by atoms with Crippen LogP contribution in [0.1, 0.15) is 43.0 Å². The zero-order valence-corrected chi connectivity index (χ0v) is 18.2. The number of ether oxygens (including phenoxy) is 1. The van der Waals surface area contributed by atoms with Crippen molar-refractivity contribution in [1.29, 1.82) is 0 Å². The molecule has 1 aliphatic rings. The van der Waals surface area contributed by atoms with Gasteiger partial charge in [-0.2, -0.15) is 17.0 Å². The molecule has 168 valence electrons. The van der Waals surface area contributed by atoms with Crippen LogP contribution in [-0.4, -0.2) is 73.4 Å². The van der Waals surface area contributed by atoms with Gasteiger partial charge in [0.1, 0.15) is 5.75 Å². The second-order valence-electron chi connectivity index (χ2n) is 7.09. The highest BCUT2D eigenvalue weighted by atomic mass is 32.2. The van der Waals surface area contributed by atoms with Gasteiger partial charge in [0.05, 0.1) is 7.11 Å². The predicted octanol–water partition coefficient (Wildman–Crippen LogP) is 0.742. The molecular formula is C19H30N4O6S. The molecule has 1 saturated heterocycles. The lowest BCUT2D eigenvalue weighted by Crippen LogP contribution is -2.46. The number of amides is 2. The van der Waals surface area contributed by atoms with Crippen LogP contribution in [0.2, 0.25) is 0 Å². The van der Waals surface area contributed by atoms with E-state index in [9.17, 15) is 18.0 Å². The molecule has 1 atom stereocenters. The minimum Gasteiger partial charge on any atom is -0.497 e. The number of rotatable bonds is 11. The molecule has 1 heterocycles. The molecule has 1 aliphatic heterocycles. The average Bonchev–Trinajstić information content (AvgIpc) is 3.22. The van der Waals surface area contributed by atoms with Crippen molar-refractivity contribution in [3.63, 3.8) is 0 Å². The highest BCUT2D eigenvalue weighted by Crippen LogP contribution is 2.19. The van der Waals surface area contributed by atoms with Crippen LogP contribution in [0.15, 0.2) is 24.3 Å². The third kappa shape index (κ3) is 6.39. The zero-order valence-electron chi connectivity index (χ0n) is 17.3. The Morgan fingerprint density at radius 1 is 1.27 bits per heavy atom. The first kappa shape index (κ1) is 24.1. The Bertz CT molecular complexity index is 815. The van der Waals surface area contributed by atoms with E-state index in [2.05, 4.69) is 5.32 Å². The fraction of sp³-hybridized carbons (Fsp3) is 0.579. The number of benzene rings is 1. The molecular weight excluding hydrogens is 412 g/mol. The normalized spacial score (nSPS) is 17.1. The second-order valence-corrected chi connectivity index (χ2v) is 9.02. The molecule has 2 amide bonds. The summed E-state index contributed by atoms with van der Waals surface area (Å²) in [4.78, 5) is 23.8. The van der Waals surface area contributed by atoms with Crippen LogP contribution in [0.5, 0.6) is 5.75 Å². The highest BCUT2D eigenvalue weighted by Gasteiger charge is 2.36. The minimum atomic E-state index is -3.78. The van der Waals surface area contributed by atoms with Gasteiger partial charge in [-0.05, 0) is 37.1 Å². The quantitative estimate of drug-likeness (QED) is 0.343. The molecule has 2 rings (SSSR count). The van der Waals surface area contributed by atoms with E-state index in [1.165, 1.54) is 14.1 Å². The second kappa shape index (κ2) is 11.3. The van der Waals surface area contributed by atoms with E-state index in [4.69, 9.17) is 9.94 Å². The fourth-order valence-electron chi connectivity index (χ4n) is 3.19. The van der Waals surface area contributed by atoms with Crippen LogP contribution in [0.25, 0.3) is 0 Å². The van der Waals surface area contributed by atoms with Crippen molar-refractivity contribution >= 4 is 22.0 Å². The van der Waals surface area contributed by atoms with Gasteiger partial charge in [0, 0.05) is 44.2 Å². The molecule has 1 aromatic carbocycles. The molecule has 10 nitrogen and oxygen atoms in total. The number of unbranched alkanes of at least 4 members (excludes halogenated alkanes) is 1. The summed E-state index contributed by atoms with van der Waals surface area (Å²) in [7, 11) is -2.24. The maximum absolute atomic E-state index is 13.0. The molecule has 1 unspecified atom stereocenters. The van der Waals surface area contributed by atoms with Gasteiger partial charge >= 0.3 is 0 Å². The Labute approximate surface area is 177 Å². The summed E-state index contributed by atoms with van der Waals surface area (Å²) < 4.78 is 33.8. The first-order chi connectivity index (χ1) is 14.3. The molecule has 0 radical (unpaired) electrons. The smallest absolute Gasteiger partial charge is 0.282 e. The predicted molar refractivity (Wildman–Crippen MR) is 110 cm³/mol. The van der Waals surface area contributed by atoms with E-state index < -0.39 is 16.1 Å². The maximum atomic E-state index is 13.0. The number of hydrogen-bond donors (Lipinski definition) is 3. The minimum absolute atomic E-state index is 0.0197. The molecule has 11 heteroatoms. The maximum Gasteiger partial charge on any atom is 0.282 e. The number of methoxy groups -OCH3 is 1. The summed E-state index contributed by atoms with van der Waals surface area (Å²) in [5.41, 5.74) is 1.99. The number of nitrogens with zero attached hydrogens (tertiary/aromatic N) is 2. The van der Waals surface area contributed by atoms with Crippen LogP contribution in [0.3, 0.4) is 0 Å². The summed E-state index contributed by atoms with van der Waals surface area (Å²) in [6.45, 7) is 2.67. The largest absolute Gasteiger partial charge is 0.497 e. The van der Waals surface area contributed by atoms with Crippen molar-refractivity contribution in [1.82, 2.24) is 19.4 Å². The molecule has 3 N–H and O–H groups in total. The van der Waals surface area contributed by atoms with Crippen molar-refractivity contribution in [2.45, 2.75) is 38.6 Å². The van der Waals surface area contributed by atoms with Crippen LogP contribution in [-0.2, 0) is 15.0 Å². The molecule has 1 fully saturated rings. The summed E-state index contributed by atoms with van der Waals surface area (Å²) in [5, 5.41) is 11.5. The zero-order chi connectivity index (χ0) is 22.1. The van der Waals surface area contributed by atoms with Gasteiger partial charge in [-0.25, -0.2) is 5.48 Å². The van der Waals surface area contributed by atoms with E-state index in [0.717, 1.165) is 6.42 Å². The van der Waals surface area contributed by atoms with Crippen molar-refractivity contribution in [3.8, 4) is 5.75 Å². The third-order valence-corrected chi connectivity index (χ3v) is 6.97. The van der Waals surface area contributed by atoms with Gasteiger partial charge in [0.25, 0.3) is 16.1 Å². The molecule has 0 saturated carbocycles. The molecule has 1 aromatic rings. The molecule has 0 bridgehead atoms. The Morgan fingerprint density at radius 2 is 1.97 bits per heavy atom. The topological polar surface area (TPSA) is 128 Å². The summed E-state index contributed by atoms with van der Waals surface area (Å²) in [5.74, 6) is -0.270. The van der Waals surface area contributed by atoms with Crippen molar-refractivity contribution < 1.29 is 28.0 Å². The lowest BCUT2D eigenvalue weighted by Gasteiger charge is -2.27. The number of carbonyl (C=O) groups is 2. The van der Waals surface area contributed by atoms with Gasteiger partial charge < -0.3 is 10.1 Å². The molecule has 30 heavy (non-hydrogen) atoms. The summed E-state index contributed by atoms with van der Waals surface area (Å²) >= 11 is 0. The number of hydrogen-bond acceptors (Lipinski definition) is 6. The Kier molecular flexibility index (Phi) is 9.03. The number of carbonyl (C=O) groups excluding carboxylic acids is 2. The highest BCUT2D eigenvalue weighted by molar-refractivity contribution is 7.86. The Balaban J connectivity index is 1.99. The average molecular weight is 443 g/mol. The van der Waals surface area contributed by atoms with Crippen LogP contribution >= 0.6 is 0 Å². The van der Waals surface area contributed by atoms with Crippen molar-refractivity contribution in [3.05, 3.63) is 29.8 Å². The van der Waals surface area contributed by atoms with E-state index in [1.807, 2.05) is 6.92 Å². The Hall–Kier alpha value is -2.21. The first-order valence-corrected chi connectivity index (χ1v) is 11.3. The number of nitrogens with one attached hydrogen (secondary N) is 2. The first-order valence-electron chi connectivity index (χ1n) is 9.94. The third-order valence-electron chi connectivity index (χ3n) is 4.97. The Morgan fingerprint density at radius 3 is 2.57 bits per heavy atom. The van der Waals surface area contributed by atoms with E-state index >= 15 is 0 Å². The summed E-state index contributed by atoms with van der Waals surface area (Å²) in [6, 6.07) is 6.37. The van der Waals surface area contributed by atoms with Gasteiger partial charge in [-0.15, -0.1) is 0 Å². The number of hydroxylamine groups is 1. The van der Waals surface area contributed by atoms with Gasteiger partial charge in [0.2, 0.25) is 5.91 Å². The molecule has 0 aliphatic carbocycles. The fourth-order valence-corrected chi connectivity index (χ4v) is 4.90.